The summed E-state index contributed by atoms with van der Waals surface area (Å²) in [4.78, 5) is 14.2. The van der Waals surface area contributed by atoms with E-state index in [0.29, 0.717) is 0 Å². The van der Waals surface area contributed by atoms with Gasteiger partial charge in [0.25, 0.3) is 0 Å². The monoisotopic (exact) mass is 293 g/mol. The second kappa shape index (κ2) is 6.31. The first-order valence-electron chi connectivity index (χ1n) is 5.84. The highest BCUT2D eigenvalue weighted by atomic mass is 35.5. The van der Waals surface area contributed by atoms with E-state index in [1.54, 1.807) is 12.1 Å². The van der Waals surface area contributed by atoms with E-state index < -0.39 is 11.0 Å². The van der Waals surface area contributed by atoms with Crippen molar-refractivity contribution in [1.29, 1.82) is 0 Å². The molecule has 1 heterocycles. The van der Waals surface area contributed by atoms with E-state index >= 15 is 0 Å². The minimum atomic E-state index is -0.784. The predicted molar refractivity (Wildman–Crippen MR) is 75.8 cm³/mol. The summed E-state index contributed by atoms with van der Waals surface area (Å²) in [5, 5.41) is 23.8. The van der Waals surface area contributed by atoms with Gasteiger partial charge in [-0.2, -0.15) is 0 Å². The van der Waals surface area contributed by atoms with Crippen molar-refractivity contribution >= 4 is 23.1 Å². The van der Waals surface area contributed by atoms with E-state index in [1.807, 2.05) is 18.2 Å². The summed E-state index contributed by atoms with van der Waals surface area (Å²) in [6, 6.07) is 10.2. The number of nitrogens with one attached hydrogen (secondary N) is 1. The second-order valence-corrected chi connectivity index (χ2v) is 4.52. The molecule has 1 unspecified atom stereocenters. The molecule has 0 saturated heterocycles. The molecule has 0 bridgehead atoms. The lowest BCUT2D eigenvalue weighted by atomic mass is 10.1. The van der Waals surface area contributed by atoms with Gasteiger partial charge < -0.3 is 10.4 Å². The van der Waals surface area contributed by atoms with Crippen LogP contribution in [0.15, 0.2) is 42.6 Å². The number of nitrogens with zero attached hydrogens (tertiary/aromatic N) is 2. The summed E-state index contributed by atoms with van der Waals surface area (Å²) in [5.74, 6) is 0.0781. The topological polar surface area (TPSA) is 88.3 Å². The maximum Gasteiger partial charge on any atom is 0.312 e. The molecule has 0 saturated carbocycles. The molecule has 104 valence electrons. The van der Waals surface area contributed by atoms with Crippen molar-refractivity contribution in [2.75, 3.05) is 11.9 Å². The highest BCUT2D eigenvalue weighted by Crippen LogP contribution is 2.25. The first kappa shape index (κ1) is 14.2. The Kier molecular flexibility index (Phi) is 4.49. The molecule has 0 spiro atoms. The van der Waals surface area contributed by atoms with E-state index in [4.69, 9.17) is 11.6 Å². The van der Waals surface area contributed by atoms with Gasteiger partial charge >= 0.3 is 5.69 Å². The zero-order valence-electron chi connectivity index (χ0n) is 10.4. The number of hydrogen-bond donors (Lipinski definition) is 2. The van der Waals surface area contributed by atoms with Gasteiger partial charge in [0.15, 0.2) is 0 Å². The van der Waals surface area contributed by atoms with Crippen LogP contribution in [0.25, 0.3) is 0 Å². The van der Waals surface area contributed by atoms with Crippen LogP contribution in [-0.2, 0) is 0 Å². The van der Waals surface area contributed by atoms with Crippen LogP contribution in [0, 0.1) is 10.1 Å². The molecule has 0 amide bonds. The number of aliphatic hydroxyl groups excluding tert-OH is 1. The molecule has 2 aromatic rings. The van der Waals surface area contributed by atoms with E-state index in [9.17, 15) is 15.2 Å². The molecule has 6 nitrogen and oxygen atoms in total. The summed E-state index contributed by atoms with van der Waals surface area (Å²) in [7, 11) is 0. The molecule has 20 heavy (non-hydrogen) atoms. The van der Waals surface area contributed by atoms with Crippen molar-refractivity contribution in [3.05, 3.63) is 63.3 Å². The van der Waals surface area contributed by atoms with Gasteiger partial charge in [-0.1, -0.05) is 41.9 Å². The summed E-state index contributed by atoms with van der Waals surface area (Å²) in [6.45, 7) is 0.111. The van der Waals surface area contributed by atoms with Crippen molar-refractivity contribution in [1.82, 2.24) is 4.98 Å². The lowest BCUT2D eigenvalue weighted by Crippen LogP contribution is -2.14. The maximum atomic E-state index is 10.9. The lowest BCUT2D eigenvalue weighted by Gasteiger charge is -2.12. The third-order valence-corrected chi connectivity index (χ3v) is 2.88. The number of aromatic nitrogens is 1. The number of aliphatic hydroxyl groups is 1. The SMILES string of the molecule is O=[N+]([O-])c1cc(Cl)cnc1NCC(O)c1ccccc1. The van der Waals surface area contributed by atoms with Crippen molar-refractivity contribution in [2.24, 2.45) is 0 Å². The Labute approximate surface area is 120 Å². The van der Waals surface area contributed by atoms with Gasteiger partial charge in [0, 0.05) is 18.8 Å². The molecular formula is C13H12ClN3O3. The minimum absolute atomic E-state index is 0.0781. The summed E-state index contributed by atoms with van der Waals surface area (Å²) < 4.78 is 0. The van der Waals surface area contributed by atoms with Gasteiger partial charge in [0.1, 0.15) is 0 Å². The van der Waals surface area contributed by atoms with Gasteiger partial charge in [-0.05, 0) is 5.56 Å². The van der Waals surface area contributed by atoms with Crippen LogP contribution in [0.3, 0.4) is 0 Å². The van der Waals surface area contributed by atoms with Crippen LogP contribution >= 0.6 is 11.6 Å². The molecule has 0 aliphatic carbocycles. The van der Waals surface area contributed by atoms with Crippen molar-refractivity contribution in [3.8, 4) is 0 Å². The molecule has 0 aliphatic heterocycles. The maximum absolute atomic E-state index is 10.9. The third kappa shape index (κ3) is 3.43. The molecule has 1 atom stereocenters. The van der Waals surface area contributed by atoms with Gasteiger partial charge in [-0.15, -0.1) is 0 Å². The zero-order valence-corrected chi connectivity index (χ0v) is 11.1. The summed E-state index contributed by atoms with van der Waals surface area (Å²) >= 11 is 5.68. The largest absolute Gasteiger partial charge is 0.387 e. The Morgan fingerprint density at radius 1 is 1.40 bits per heavy atom. The Hall–Kier alpha value is -2.18. The Bertz CT molecular complexity index is 607. The normalized spacial score (nSPS) is 11.9. The molecule has 2 rings (SSSR count). The fourth-order valence-corrected chi connectivity index (χ4v) is 1.84. The Balaban J connectivity index is 2.09. The third-order valence-electron chi connectivity index (χ3n) is 2.68. The number of nitro groups is 1. The van der Waals surface area contributed by atoms with Crippen LogP contribution in [0.4, 0.5) is 11.5 Å². The van der Waals surface area contributed by atoms with E-state index in [-0.39, 0.29) is 23.1 Å². The number of rotatable bonds is 5. The highest BCUT2D eigenvalue weighted by molar-refractivity contribution is 6.30. The van der Waals surface area contributed by atoms with Crippen LogP contribution in [0.1, 0.15) is 11.7 Å². The zero-order chi connectivity index (χ0) is 14.5. The van der Waals surface area contributed by atoms with Crippen molar-refractivity contribution in [2.45, 2.75) is 6.10 Å². The van der Waals surface area contributed by atoms with Gasteiger partial charge in [-0.3, -0.25) is 10.1 Å². The molecule has 0 aliphatic rings. The molecule has 7 heteroatoms. The van der Waals surface area contributed by atoms with Crippen molar-refractivity contribution < 1.29 is 10.0 Å². The molecule has 0 fully saturated rings. The van der Waals surface area contributed by atoms with Gasteiger partial charge in [0.05, 0.1) is 16.0 Å². The van der Waals surface area contributed by atoms with Gasteiger partial charge in [0.2, 0.25) is 5.82 Å². The highest BCUT2D eigenvalue weighted by Gasteiger charge is 2.17. The van der Waals surface area contributed by atoms with Crippen LogP contribution in [-0.4, -0.2) is 21.6 Å². The molecule has 2 N–H and O–H groups in total. The fourth-order valence-electron chi connectivity index (χ4n) is 1.69. The quantitative estimate of drug-likeness (QED) is 0.653. The summed E-state index contributed by atoms with van der Waals surface area (Å²) in [5.41, 5.74) is 0.495. The first-order chi connectivity index (χ1) is 9.58. The van der Waals surface area contributed by atoms with E-state index in [1.165, 1.54) is 12.3 Å². The predicted octanol–water partition coefficient (Wildman–Crippen LogP) is 2.79. The average molecular weight is 294 g/mol. The lowest BCUT2D eigenvalue weighted by molar-refractivity contribution is -0.384. The Morgan fingerprint density at radius 2 is 2.10 bits per heavy atom. The number of benzene rings is 1. The molecule has 0 radical (unpaired) electrons. The smallest absolute Gasteiger partial charge is 0.312 e. The van der Waals surface area contributed by atoms with Crippen molar-refractivity contribution in [3.63, 3.8) is 0 Å². The summed E-state index contributed by atoms with van der Waals surface area (Å²) in [6.07, 6.45) is 0.527. The Morgan fingerprint density at radius 3 is 2.75 bits per heavy atom. The van der Waals surface area contributed by atoms with Crippen LogP contribution in [0.5, 0.6) is 0 Å². The number of anilines is 1. The van der Waals surface area contributed by atoms with E-state index in [0.717, 1.165) is 5.56 Å². The van der Waals surface area contributed by atoms with Crippen LogP contribution < -0.4 is 5.32 Å². The number of hydrogen-bond acceptors (Lipinski definition) is 5. The van der Waals surface area contributed by atoms with E-state index in [2.05, 4.69) is 10.3 Å². The first-order valence-corrected chi connectivity index (χ1v) is 6.22. The fraction of sp³-hybridized carbons (Fsp3) is 0.154. The number of halogens is 1. The van der Waals surface area contributed by atoms with Gasteiger partial charge in [-0.25, -0.2) is 4.98 Å². The van der Waals surface area contributed by atoms with Crippen LogP contribution in [0.2, 0.25) is 5.02 Å². The minimum Gasteiger partial charge on any atom is -0.387 e. The standard InChI is InChI=1S/C13H12ClN3O3/c14-10-6-11(17(19)20)13(15-7-10)16-8-12(18)9-4-2-1-3-5-9/h1-7,12,18H,8H2,(H,15,16). The average Bonchev–Trinajstić information content (AvgIpc) is 2.46. The number of pyridine rings is 1. The molecule has 1 aromatic carbocycles. The molecular weight excluding hydrogens is 282 g/mol. The second-order valence-electron chi connectivity index (χ2n) is 4.09. The molecule has 1 aromatic heterocycles.